The number of ether oxygens (including phenoxy) is 1. The lowest BCUT2D eigenvalue weighted by Crippen LogP contribution is -2.40. The summed E-state index contributed by atoms with van der Waals surface area (Å²) in [5, 5.41) is 2.65. The third-order valence-electron chi connectivity index (χ3n) is 3.33. The minimum atomic E-state index is -3.28. The molecule has 4 nitrogen and oxygen atoms in total. The Balaban J connectivity index is 2.34. The van der Waals surface area contributed by atoms with Crippen molar-refractivity contribution in [1.82, 2.24) is 5.32 Å². The molecule has 0 spiro atoms. The van der Waals surface area contributed by atoms with Crippen molar-refractivity contribution in [3.8, 4) is 5.75 Å². The average Bonchev–Trinajstić information content (AvgIpc) is 2.39. The van der Waals surface area contributed by atoms with Gasteiger partial charge in [0.05, 0.1) is 12.0 Å². The number of nitrogens with one attached hydrogen (secondary N) is 1. The molecule has 2 rings (SSSR count). The molecule has 0 aromatic heterocycles. The van der Waals surface area contributed by atoms with E-state index < -0.39 is 15.2 Å². The first-order valence-electron chi connectivity index (χ1n) is 6.17. The average molecular weight is 269 g/mol. The maximum atomic E-state index is 12.5. The van der Waals surface area contributed by atoms with E-state index in [0.29, 0.717) is 17.1 Å². The van der Waals surface area contributed by atoms with Crippen LogP contribution >= 0.6 is 0 Å². The molecule has 0 aliphatic carbocycles. The number of methoxy groups -OCH3 is 1. The Hall–Kier alpha value is -1.07. The predicted molar refractivity (Wildman–Crippen MR) is 70.6 cm³/mol. The third kappa shape index (κ3) is 2.52. The number of aryl methyl sites for hydroxylation is 1. The second kappa shape index (κ2) is 5.28. The lowest BCUT2D eigenvalue weighted by Gasteiger charge is -2.24. The fourth-order valence-corrected chi connectivity index (χ4v) is 4.19. The molecule has 0 saturated carbocycles. The molecule has 5 heteroatoms. The zero-order chi connectivity index (χ0) is 13.2. The molecule has 1 N–H and O–H groups in total. The summed E-state index contributed by atoms with van der Waals surface area (Å²) in [6.45, 7) is 2.58. The second-order valence-corrected chi connectivity index (χ2v) is 6.71. The first kappa shape index (κ1) is 13.4. The van der Waals surface area contributed by atoms with Crippen molar-refractivity contribution in [3.05, 3.63) is 23.8 Å². The Labute approximate surface area is 108 Å². The van der Waals surface area contributed by atoms with Gasteiger partial charge in [-0.2, -0.15) is 0 Å². The van der Waals surface area contributed by atoms with Crippen LogP contribution in [0.15, 0.2) is 23.1 Å². The molecule has 1 aromatic rings. The van der Waals surface area contributed by atoms with Crippen LogP contribution in [0.4, 0.5) is 0 Å². The summed E-state index contributed by atoms with van der Waals surface area (Å²) < 4.78 is 30.1. The lowest BCUT2D eigenvalue weighted by molar-refractivity contribution is 0.414. The molecule has 1 unspecified atom stereocenters. The molecule has 0 radical (unpaired) electrons. The van der Waals surface area contributed by atoms with E-state index in [2.05, 4.69) is 5.32 Å². The summed E-state index contributed by atoms with van der Waals surface area (Å²) in [7, 11) is -1.71. The van der Waals surface area contributed by atoms with Crippen LogP contribution in [0, 0.1) is 6.92 Å². The van der Waals surface area contributed by atoms with E-state index in [-0.39, 0.29) is 0 Å². The molecule has 100 valence electrons. The van der Waals surface area contributed by atoms with Gasteiger partial charge in [0.15, 0.2) is 9.84 Å². The number of benzene rings is 1. The van der Waals surface area contributed by atoms with Gasteiger partial charge in [-0.25, -0.2) is 8.42 Å². The zero-order valence-electron chi connectivity index (χ0n) is 10.8. The molecule has 1 aliphatic rings. The van der Waals surface area contributed by atoms with E-state index in [1.807, 2.05) is 0 Å². The quantitative estimate of drug-likeness (QED) is 0.910. The number of piperidine rings is 1. The number of rotatable bonds is 3. The Morgan fingerprint density at radius 1 is 1.33 bits per heavy atom. The largest absolute Gasteiger partial charge is 0.497 e. The van der Waals surface area contributed by atoms with E-state index in [1.165, 1.54) is 0 Å². The smallest absolute Gasteiger partial charge is 0.194 e. The molecule has 1 atom stereocenters. The monoisotopic (exact) mass is 269 g/mol. The fourth-order valence-electron chi connectivity index (χ4n) is 2.31. The highest BCUT2D eigenvalue weighted by Gasteiger charge is 2.29. The van der Waals surface area contributed by atoms with Gasteiger partial charge in [0, 0.05) is 0 Å². The van der Waals surface area contributed by atoms with Crippen molar-refractivity contribution in [2.45, 2.75) is 36.5 Å². The number of sulfone groups is 1. The van der Waals surface area contributed by atoms with E-state index in [0.717, 1.165) is 24.9 Å². The molecule has 1 saturated heterocycles. The van der Waals surface area contributed by atoms with E-state index in [1.54, 1.807) is 32.2 Å². The van der Waals surface area contributed by atoms with Gasteiger partial charge >= 0.3 is 0 Å². The Kier molecular flexibility index (Phi) is 3.92. The van der Waals surface area contributed by atoms with E-state index in [9.17, 15) is 8.42 Å². The van der Waals surface area contributed by atoms with Gasteiger partial charge in [-0.05, 0) is 56.5 Å². The molecule has 0 amide bonds. The van der Waals surface area contributed by atoms with Crippen LogP contribution in [-0.2, 0) is 9.84 Å². The van der Waals surface area contributed by atoms with Crippen LogP contribution in [0.3, 0.4) is 0 Å². The third-order valence-corrected chi connectivity index (χ3v) is 5.55. The van der Waals surface area contributed by atoms with Crippen molar-refractivity contribution in [2.75, 3.05) is 13.7 Å². The minimum Gasteiger partial charge on any atom is -0.497 e. The fraction of sp³-hybridized carbons (Fsp3) is 0.538. The molecule has 1 aliphatic heterocycles. The second-order valence-electron chi connectivity index (χ2n) is 4.61. The van der Waals surface area contributed by atoms with Crippen LogP contribution in [-0.4, -0.2) is 27.4 Å². The number of hydrogen-bond acceptors (Lipinski definition) is 4. The SMILES string of the molecule is COc1ccc(S(=O)(=O)C2CCCCN2)c(C)c1. The normalized spacial score (nSPS) is 20.7. The van der Waals surface area contributed by atoms with Gasteiger partial charge in [0.2, 0.25) is 0 Å². The molecule has 18 heavy (non-hydrogen) atoms. The summed E-state index contributed by atoms with van der Waals surface area (Å²) in [5.74, 6) is 0.683. The van der Waals surface area contributed by atoms with Crippen molar-refractivity contribution in [2.24, 2.45) is 0 Å². The van der Waals surface area contributed by atoms with Crippen molar-refractivity contribution >= 4 is 9.84 Å². The van der Waals surface area contributed by atoms with Gasteiger partial charge in [-0.15, -0.1) is 0 Å². The van der Waals surface area contributed by atoms with Gasteiger partial charge in [0.25, 0.3) is 0 Å². The van der Waals surface area contributed by atoms with Crippen LogP contribution in [0.2, 0.25) is 0 Å². The summed E-state index contributed by atoms with van der Waals surface area (Å²) in [6.07, 6.45) is 2.70. The minimum absolute atomic E-state index is 0.405. The molecule has 1 fully saturated rings. The summed E-state index contributed by atoms with van der Waals surface area (Å²) in [6, 6.07) is 5.10. The van der Waals surface area contributed by atoms with Gasteiger partial charge in [0.1, 0.15) is 11.1 Å². The number of hydrogen-bond donors (Lipinski definition) is 1. The van der Waals surface area contributed by atoms with Crippen molar-refractivity contribution in [1.29, 1.82) is 0 Å². The Bertz CT molecular complexity index is 519. The highest BCUT2D eigenvalue weighted by molar-refractivity contribution is 7.92. The molecule has 1 aromatic carbocycles. The molecule has 0 bridgehead atoms. The molecular formula is C13H19NO3S. The van der Waals surface area contributed by atoms with Gasteiger partial charge < -0.3 is 10.1 Å². The maximum absolute atomic E-state index is 12.5. The lowest BCUT2D eigenvalue weighted by atomic mass is 10.2. The zero-order valence-corrected chi connectivity index (χ0v) is 11.6. The highest BCUT2D eigenvalue weighted by Crippen LogP contribution is 2.26. The summed E-state index contributed by atoms with van der Waals surface area (Å²) in [5.41, 5.74) is 0.738. The molecule has 1 heterocycles. The van der Waals surface area contributed by atoms with E-state index >= 15 is 0 Å². The Morgan fingerprint density at radius 3 is 2.67 bits per heavy atom. The topological polar surface area (TPSA) is 55.4 Å². The summed E-state index contributed by atoms with van der Waals surface area (Å²) in [4.78, 5) is 0.405. The highest BCUT2D eigenvalue weighted by atomic mass is 32.2. The maximum Gasteiger partial charge on any atom is 0.194 e. The van der Waals surface area contributed by atoms with E-state index in [4.69, 9.17) is 4.74 Å². The summed E-state index contributed by atoms with van der Waals surface area (Å²) >= 11 is 0. The van der Waals surface area contributed by atoms with Crippen molar-refractivity contribution in [3.63, 3.8) is 0 Å². The van der Waals surface area contributed by atoms with Crippen LogP contribution in [0.1, 0.15) is 24.8 Å². The van der Waals surface area contributed by atoms with Crippen LogP contribution in [0.5, 0.6) is 5.75 Å². The van der Waals surface area contributed by atoms with Crippen LogP contribution < -0.4 is 10.1 Å². The first-order chi connectivity index (χ1) is 8.55. The molecular weight excluding hydrogens is 250 g/mol. The predicted octanol–water partition coefficient (Wildman–Crippen LogP) is 1.88. The standard InChI is InChI=1S/C13H19NO3S/c1-10-9-11(17-2)6-7-12(10)18(15,16)13-5-3-4-8-14-13/h6-7,9,13-14H,3-5,8H2,1-2H3. The van der Waals surface area contributed by atoms with Gasteiger partial charge in [-0.1, -0.05) is 0 Å². The van der Waals surface area contributed by atoms with Crippen molar-refractivity contribution < 1.29 is 13.2 Å². The van der Waals surface area contributed by atoms with Crippen LogP contribution in [0.25, 0.3) is 0 Å². The first-order valence-corrected chi connectivity index (χ1v) is 7.72. The van der Waals surface area contributed by atoms with Gasteiger partial charge in [-0.3, -0.25) is 0 Å². The Morgan fingerprint density at radius 2 is 2.11 bits per heavy atom.